The highest BCUT2D eigenvalue weighted by atomic mass is 16.5. The van der Waals surface area contributed by atoms with Crippen molar-refractivity contribution >= 4 is 17.6 Å². The summed E-state index contributed by atoms with van der Waals surface area (Å²) in [6.45, 7) is 1.57. The Morgan fingerprint density at radius 3 is 2.39 bits per heavy atom. The molecule has 2 aromatic carbocycles. The van der Waals surface area contributed by atoms with Gasteiger partial charge in [-0.2, -0.15) is 5.10 Å². The van der Waals surface area contributed by atoms with Crippen molar-refractivity contribution in [2.24, 2.45) is 0 Å². The van der Waals surface area contributed by atoms with E-state index in [-0.39, 0.29) is 5.56 Å². The molecule has 28 heavy (non-hydrogen) atoms. The standard InChI is InChI=1S/C21H19N3O4/c1-14(20(26)22-18-11-7-6-10-16(18)21(27)28-2)24-19(25)13-12-17(23-24)15-8-4-3-5-9-15/h3-14H,1-2H3,(H,22,26). The molecule has 7 heteroatoms. The number of methoxy groups -OCH3 is 1. The minimum Gasteiger partial charge on any atom is -0.465 e. The van der Waals surface area contributed by atoms with Gasteiger partial charge in [-0.15, -0.1) is 0 Å². The van der Waals surface area contributed by atoms with Crippen molar-refractivity contribution < 1.29 is 14.3 Å². The van der Waals surface area contributed by atoms with E-state index in [4.69, 9.17) is 4.74 Å². The summed E-state index contributed by atoms with van der Waals surface area (Å²) in [5.41, 5.74) is 1.54. The van der Waals surface area contributed by atoms with Crippen LogP contribution in [0.3, 0.4) is 0 Å². The zero-order valence-electron chi connectivity index (χ0n) is 15.5. The maximum atomic E-state index is 12.7. The Morgan fingerprint density at radius 1 is 1.00 bits per heavy atom. The SMILES string of the molecule is COC(=O)c1ccccc1NC(=O)C(C)n1nc(-c2ccccc2)ccc1=O. The van der Waals surface area contributed by atoms with E-state index in [1.165, 1.54) is 13.2 Å². The minimum atomic E-state index is -0.887. The van der Waals surface area contributed by atoms with E-state index < -0.39 is 23.5 Å². The summed E-state index contributed by atoms with van der Waals surface area (Å²) in [6.07, 6.45) is 0. The van der Waals surface area contributed by atoms with Gasteiger partial charge in [-0.3, -0.25) is 9.59 Å². The first-order valence-corrected chi connectivity index (χ1v) is 8.64. The second-order valence-electron chi connectivity index (χ2n) is 6.07. The first kappa shape index (κ1) is 19.0. The Hall–Kier alpha value is -3.74. The van der Waals surface area contributed by atoms with Gasteiger partial charge in [-0.05, 0) is 25.1 Å². The van der Waals surface area contributed by atoms with Gasteiger partial charge in [0.05, 0.1) is 24.1 Å². The number of amides is 1. The van der Waals surface area contributed by atoms with Crippen molar-refractivity contribution in [3.8, 4) is 11.3 Å². The van der Waals surface area contributed by atoms with E-state index in [0.29, 0.717) is 11.4 Å². The minimum absolute atomic E-state index is 0.226. The molecular formula is C21H19N3O4. The highest BCUT2D eigenvalue weighted by molar-refractivity contribution is 6.02. The normalized spacial score (nSPS) is 11.5. The Kier molecular flexibility index (Phi) is 5.64. The number of esters is 1. The Labute approximate surface area is 161 Å². The molecule has 0 aliphatic carbocycles. The van der Waals surface area contributed by atoms with Gasteiger partial charge in [0.15, 0.2) is 0 Å². The topological polar surface area (TPSA) is 90.3 Å². The van der Waals surface area contributed by atoms with Gasteiger partial charge < -0.3 is 10.1 Å². The number of nitrogens with zero attached hydrogens (tertiary/aromatic N) is 2. The highest BCUT2D eigenvalue weighted by Gasteiger charge is 2.20. The molecule has 1 atom stereocenters. The molecular weight excluding hydrogens is 358 g/mol. The lowest BCUT2D eigenvalue weighted by molar-refractivity contribution is -0.119. The average molecular weight is 377 g/mol. The monoisotopic (exact) mass is 377 g/mol. The molecule has 7 nitrogen and oxygen atoms in total. The lowest BCUT2D eigenvalue weighted by atomic mass is 10.1. The van der Waals surface area contributed by atoms with Crippen LogP contribution in [0.25, 0.3) is 11.3 Å². The zero-order chi connectivity index (χ0) is 20.1. The van der Waals surface area contributed by atoms with Crippen molar-refractivity contribution in [2.45, 2.75) is 13.0 Å². The fourth-order valence-corrected chi connectivity index (χ4v) is 2.69. The molecule has 0 saturated carbocycles. The Morgan fingerprint density at radius 2 is 1.68 bits per heavy atom. The highest BCUT2D eigenvalue weighted by Crippen LogP contribution is 2.19. The third-order valence-electron chi connectivity index (χ3n) is 4.23. The van der Waals surface area contributed by atoms with Gasteiger partial charge in [-0.1, -0.05) is 42.5 Å². The molecule has 3 rings (SSSR count). The van der Waals surface area contributed by atoms with Crippen LogP contribution in [0, 0.1) is 0 Å². The summed E-state index contributed by atoms with van der Waals surface area (Å²) in [4.78, 5) is 36.9. The number of hydrogen-bond acceptors (Lipinski definition) is 5. The number of para-hydroxylation sites is 1. The number of benzene rings is 2. The molecule has 1 aromatic heterocycles. The van der Waals surface area contributed by atoms with Gasteiger partial charge >= 0.3 is 5.97 Å². The summed E-state index contributed by atoms with van der Waals surface area (Å²) in [7, 11) is 1.27. The summed E-state index contributed by atoms with van der Waals surface area (Å²) < 4.78 is 5.85. The number of carbonyl (C=O) groups excluding carboxylic acids is 2. The van der Waals surface area contributed by atoms with Crippen molar-refractivity contribution in [3.05, 3.63) is 82.6 Å². The van der Waals surface area contributed by atoms with Crippen LogP contribution in [0.15, 0.2) is 71.5 Å². The lowest BCUT2D eigenvalue weighted by Gasteiger charge is -2.16. The summed E-state index contributed by atoms with van der Waals surface area (Å²) >= 11 is 0. The lowest BCUT2D eigenvalue weighted by Crippen LogP contribution is -2.33. The predicted octanol–water partition coefficient (Wildman–Crippen LogP) is 2.90. The Balaban J connectivity index is 1.89. The molecule has 142 valence electrons. The maximum Gasteiger partial charge on any atom is 0.339 e. The van der Waals surface area contributed by atoms with Crippen LogP contribution in [0.2, 0.25) is 0 Å². The van der Waals surface area contributed by atoms with Crippen LogP contribution >= 0.6 is 0 Å². The Bertz CT molecular complexity index is 1060. The van der Waals surface area contributed by atoms with Gasteiger partial charge in [0, 0.05) is 11.6 Å². The first-order chi connectivity index (χ1) is 13.5. The first-order valence-electron chi connectivity index (χ1n) is 8.64. The summed E-state index contributed by atoms with van der Waals surface area (Å²) in [6, 6.07) is 18.0. The molecule has 0 spiro atoms. The number of hydrogen-bond donors (Lipinski definition) is 1. The van der Waals surface area contributed by atoms with Crippen LogP contribution in [-0.4, -0.2) is 28.8 Å². The van der Waals surface area contributed by atoms with E-state index >= 15 is 0 Å². The molecule has 0 aliphatic rings. The van der Waals surface area contributed by atoms with Gasteiger partial charge in [-0.25, -0.2) is 9.48 Å². The number of anilines is 1. The fraction of sp³-hybridized carbons (Fsp3) is 0.143. The van der Waals surface area contributed by atoms with E-state index in [2.05, 4.69) is 10.4 Å². The molecule has 1 unspecified atom stereocenters. The average Bonchev–Trinajstić information content (AvgIpc) is 2.74. The van der Waals surface area contributed by atoms with E-state index in [1.807, 2.05) is 30.3 Å². The number of aromatic nitrogens is 2. The second-order valence-corrected chi connectivity index (χ2v) is 6.07. The smallest absolute Gasteiger partial charge is 0.339 e. The fourth-order valence-electron chi connectivity index (χ4n) is 2.69. The third-order valence-corrected chi connectivity index (χ3v) is 4.23. The zero-order valence-corrected chi connectivity index (χ0v) is 15.5. The van der Waals surface area contributed by atoms with Gasteiger partial charge in [0.1, 0.15) is 6.04 Å². The predicted molar refractivity (Wildman–Crippen MR) is 105 cm³/mol. The van der Waals surface area contributed by atoms with Crippen LogP contribution in [0.4, 0.5) is 5.69 Å². The van der Waals surface area contributed by atoms with Crippen molar-refractivity contribution in [2.75, 3.05) is 12.4 Å². The summed E-state index contributed by atoms with van der Waals surface area (Å²) in [5, 5.41) is 7.00. The molecule has 1 amide bonds. The van der Waals surface area contributed by atoms with Gasteiger partial charge in [0.2, 0.25) is 5.91 Å². The van der Waals surface area contributed by atoms with Crippen molar-refractivity contribution in [3.63, 3.8) is 0 Å². The van der Waals surface area contributed by atoms with E-state index in [0.717, 1.165) is 10.2 Å². The van der Waals surface area contributed by atoms with E-state index in [1.54, 1.807) is 37.3 Å². The van der Waals surface area contributed by atoms with Gasteiger partial charge in [0.25, 0.3) is 5.56 Å². The summed E-state index contributed by atoms with van der Waals surface area (Å²) in [5.74, 6) is -1.04. The molecule has 1 N–H and O–H groups in total. The quantitative estimate of drug-likeness (QED) is 0.691. The molecule has 0 bridgehead atoms. The molecule has 0 saturated heterocycles. The van der Waals surface area contributed by atoms with Crippen LogP contribution in [0.5, 0.6) is 0 Å². The number of nitrogens with one attached hydrogen (secondary N) is 1. The van der Waals surface area contributed by atoms with Crippen LogP contribution < -0.4 is 10.9 Å². The molecule has 1 heterocycles. The third kappa shape index (κ3) is 3.98. The van der Waals surface area contributed by atoms with Crippen LogP contribution in [0.1, 0.15) is 23.3 Å². The molecule has 0 aliphatic heterocycles. The number of rotatable bonds is 5. The molecule has 0 radical (unpaired) electrons. The number of ether oxygens (including phenoxy) is 1. The van der Waals surface area contributed by atoms with Crippen LogP contribution in [-0.2, 0) is 9.53 Å². The number of carbonyl (C=O) groups is 2. The van der Waals surface area contributed by atoms with Crippen molar-refractivity contribution in [1.82, 2.24) is 9.78 Å². The van der Waals surface area contributed by atoms with E-state index in [9.17, 15) is 14.4 Å². The maximum absolute atomic E-state index is 12.7. The molecule has 3 aromatic rings. The molecule has 0 fully saturated rings. The largest absolute Gasteiger partial charge is 0.465 e. The van der Waals surface area contributed by atoms with Crippen molar-refractivity contribution in [1.29, 1.82) is 0 Å². The second kappa shape index (κ2) is 8.30.